The van der Waals surface area contributed by atoms with Gasteiger partial charge in [-0.05, 0) is 26.0 Å². The predicted octanol–water partition coefficient (Wildman–Crippen LogP) is 2.61. The Labute approximate surface area is 139 Å². The second-order valence-electron chi connectivity index (χ2n) is 4.83. The number of hydrogen-bond acceptors (Lipinski definition) is 2. The molecule has 0 radical (unpaired) electrons. The number of nitrogens with one attached hydrogen (secondary N) is 1. The number of aliphatic imine (C=N–C) groups is 1. The number of anilines is 1. The van der Waals surface area contributed by atoms with Crippen LogP contribution in [-0.2, 0) is 0 Å². The highest BCUT2D eigenvalue weighted by molar-refractivity contribution is 14.0. The van der Waals surface area contributed by atoms with E-state index in [1.807, 2.05) is 25.1 Å². The van der Waals surface area contributed by atoms with Gasteiger partial charge in [0, 0.05) is 25.3 Å². The van der Waals surface area contributed by atoms with Crippen molar-refractivity contribution in [2.75, 3.05) is 25.0 Å². The fourth-order valence-corrected chi connectivity index (χ4v) is 1.57. The number of rotatable bonds is 6. The van der Waals surface area contributed by atoms with Gasteiger partial charge >= 0.3 is 0 Å². The van der Waals surface area contributed by atoms with Gasteiger partial charge in [0.1, 0.15) is 0 Å². The van der Waals surface area contributed by atoms with Crippen LogP contribution >= 0.6 is 24.0 Å². The highest BCUT2D eigenvalue weighted by Gasteiger charge is 2.08. The van der Waals surface area contributed by atoms with Crippen LogP contribution in [-0.4, -0.2) is 32.1 Å². The SMILES string of the molecule is C=C(C)CNC(N)=NCC(C)N(C)c1ccccc1.I. The number of nitrogens with two attached hydrogens (primary N) is 1. The first kappa shape index (κ1) is 18.8. The van der Waals surface area contributed by atoms with Gasteiger partial charge in [-0.15, -0.1) is 24.0 Å². The van der Waals surface area contributed by atoms with Gasteiger partial charge in [-0.3, -0.25) is 4.99 Å². The summed E-state index contributed by atoms with van der Waals surface area (Å²) in [5.41, 5.74) is 8.00. The van der Waals surface area contributed by atoms with Crippen molar-refractivity contribution in [3.05, 3.63) is 42.5 Å². The zero-order chi connectivity index (χ0) is 14.3. The lowest BCUT2D eigenvalue weighted by Crippen LogP contribution is -2.36. The summed E-state index contributed by atoms with van der Waals surface area (Å²) in [6.45, 7) is 9.21. The van der Waals surface area contributed by atoms with E-state index in [9.17, 15) is 0 Å². The molecule has 3 N–H and O–H groups in total. The standard InChI is InChI=1S/C15H24N4.HI/c1-12(2)10-17-15(16)18-11-13(3)19(4)14-8-6-5-7-9-14;/h5-9,13H,1,10-11H2,2-4H3,(H3,16,17,18);1H. The van der Waals surface area contributed by atoms with E-state index >= 15 is 0 Å². The molecular weight excluding hydrogens is 363 g/mol. The van der Waals surface area contributed by atoms with E-state index in [0.717, 1.165) is 5.57 Å². The Morgan fingerprint density at radius 1 is 1.40 bits per heavy atom. The summed E-state index contributed by atoms with van der Waals surface area (Å²) in [5.74, 6) is 0.469. The van der Waals surface area contributed by atoms with E-state index in [1.165, 1.54) is 5.69 Å². The third-order valence-corrected chi connectivity index (χ3v) is 2.92. The highest BCUT2D eigenvalue weighted by atomic mass is 127. The Morgan fingerprint density at radius 2 is 2.00 bits per heavy atom. The van der Waals surface area contributed by atoms with Crippen LogP contribution in [0, 0.1) is 0 Å². The molecule has 0 aliphatic heterocycles. The fraction of sp³-hybridized carbons (Fsp3) is 0.400. The van der Waals surface area contributed by atoms with Crippen molar-refractivity contribution in [3.8, 4) is 0 Å². The summed E-state index contributed by atoms with van der Waals surface area (Å²) < 4.78 is 0. The van der Waals surface area contributed by atoms with Gasteiger partial charge < -0.3 is 16.0 Å². The molecule has 1 aromatic rings. The molecule has 0 heterocycles. The van der Waals surface area contributed by atoms with E-state index in [4.69, 9.17) is 5.73 Å². The van der Waals surface area contributed by atoms with E-state index in [1.54, 1.807) is 0 Å². The van der Waals surface area contributed by atoms with Crippen molar-refractivity contribution >= 4 is 35.6 Å². The van der Waals surface area contributed by atoms with Gasteiger partial charge in [-0.2, -0.15) is 0 Å². The van der Waals surface area contributed by atoms with E-state index in [0.29, 0.717) is 19.0 Å². The zero-order valence-electron chi connectivity index (χ0n) is 12.5. The minimum absolute atomic E-state index is 0. The van der Waals surface area contributed by atoms with Gasteiger partial charge in [0.2, 0.25) is 0 Å². The second kappa shape index (κ2) is 9.63. The molecule has 0 aliphatic rings. The lowest BCUT2D eigenvalue weighted by Gasteiger charge is -2.25. The second-order valence-corrected chi connectivity index (χ2v) is 4.83. The molecular formula is C15H25IN4. The van der Waals surface area contributed by atoms with E-state index in [2.05, 4.69) is 47.9 Å². The number of guanidine groups is 1. The average Bonchev–Trinajstić information content (AvgIpc) is 2.42. The monoisotopic (exact) mass is 388 g/mol. The van der Waals surface area contributed by atoms with Crippen molar-refractivity contribution < 1.29 is 0 Å². The van der Waals surface area contributed by atoms with Crippen LogP contribution in [0.5, 0.6) is 0 Å². The molecule has 1 atom stereocenters. The van der Waals surface area contributed by atoms with Crippen LogP contribution in [0.15, 0.2) is 47.5 Å². The zero-order valence-corrected chi connectivity index (χ0v) is 14.8. The summed E-state index contributed by atoms with van der Waals surface area (Å²) in [7, 11) is 2.06. The lowest BCUT2D eigenvalue weighted by molar-refractivity contribution is 0.693. The molecule has 112 valence electrons. The molecule has 1 rings (SSSR count). The van der Waals surface area contributed by atoms with Gasteiger partial charge in [-0.1, -0.05) is 30.4 Å². The molecule has 0 bridgehead atoms. The Morgan fingerprint density at radius 3 is 2.55 bits per heavy atom. The average molecular weight is 388 g/mol. The first-order chi connectivity index (χ1) is 9.00. The number of halogens is 1. The van der Waals surface area contributed by atoms with Gasteiger partial charge in [0.15, 0.2) is 5.96 Å². The number of benzene rings is 1. The summed E-state index contributed by atoms with van der Waals surface area (Å²) in [6.07, 6.45) is 0. The summed E-state index contributed by atoms with van der Waals surface area (Å²) >= 11 is 0. The summed E-state index contributed by atoms with van der Waals surface area (Å²) in [5, 5.41) is 3.03. The van der Waals surface area contributed by atoms with Crippen LogP contribution < -0.4 is 16.0 Å². The fourth-order valence-electron chi connectivity index (χ4n) is 1.57. The molecule has 0 fully saturated rings. The third kappa shape index (κ3) is 6.79. The van der Waals surface area contributed by atoms with Crippen LogP contribution in [0.3, 0.4) is 0 Å². The number of likely N-dealkylation sites (N-methyl/N-ethyl adjacent to an activating group) is 1. The van der Waals surface area contributed by atoms with Crippen LogP contribution in [0.1, 0.15) is 13.8 Å². The molecule has 20 heavy (non-hydrogen) atoms. The van der Waals surface area contributed by atoms with Crippen LogP contribution in [0.25, 0.3) is 0 Å². The predicted molar refractivity (Wildman–Crippen MR) is 99.0 cm³/mol. The number of para-hydroxylation sites is 1. The minimum Gasteiger partial charge on any atom is -0.370 e. The van der Waals surface area contributed by atoms with Gasteiger partial charge in [-0.25, -0.2) is 0 Å². The maximum Gasteiger partial charge on any atom is 0.188 e. The molecule has 1 unspecified atom stereocenters. The molecule has 0 saturated carbocycles. The van der Waals surface area contributed by atoms with Crippen LogP contribution in [0.2, 0.25) is 0 Å². The van der Waals surface area contributed by atoms with E-state index in [-0.39, 0.29) is 30.0 Å². The van der Waals surface area contributed by atoms with Crippen molar-refractivity contribution in [2.24, 2.45) is 10.7 Å². The Kier molecular flexibility index (Phi) is 9.03. The Hall–Kier alpha value is -1.24. The lowest BCUT2D eigenvalue weighted by atomic mass is 10.2. The Bertz CT molecular complexity index is 431. The van der Waals surface area contributed by atoms with Crippen molar-refractivity contribution in [1.29, 1.82) is 0 Å². The molecule has 0 aliphatic carbocycles. The van der Waals surface area contributed by atoms with Crippen molar-refractivity contribution in [1.82, 2.24) is 5.32 Å². The first-order valence-electron chi connectivity index (χ1n) is 6.46. The first-order valence-corrected chi connectivity index (χ1v) is 6.46. The maximum absolute atomic E-state index is 5.79. The molecule has 0 aromatic heterocycles. The minimum atomic E-state index is 0. The quantitative estimate of drug-likeness (QED) is 0.341. The van der Waals surface area contributed by atoms with Crippen molar-refractivity contribution in [3.63, 3.8) is 0 Å². The number of hydrogen-bond donors (Lipinski definition) is 2. The summed E-state index contributed by atoms with van der Waals surface area (Å²) in [6, 6.07) is 10.5. The molecule has 0 saturated heterocycles. The largest absolute Gasteiger partial charge is 0.370 e. The Balaban J connectivity index is 0.00000361. The molecule has 4 nitrogen and oxygen atoms in total. The van der Waals surface area contributed by atoms with Gasteiger partial charge in [0.05, 0.1) is 6.54 Å². The smallest absolute Gasteiger partial charge is 0.188 e. The van der Waals surface area contributed by atoms with Crippen molar-refractivity contribution in [2.45, 2.75) is 19.9 Å². The number of nitrogens with zero attached hydrogens (tertiary/aromatic N) is 2. The molecule has 0 amide bonds. The molecule has 5 heteroatoms. The van der Waals surface area contributed by atoms with Crippen LogP contribution in [0.4, 0.5) is 5.69 Å². The van der Waals surface area contributed by atoms with Gasteiger partial charge in [0.25, 0.3) is 0 Å². The maximum atomic E-state index is 5.79. The molecule has 1 aromatic carbocycles. The highest BCUT2D eigenvalue weighted by Crippen LogP contribution is 2.13. The molecule has 0 spiro atoms. The third-order valence-electron chi connectivity index (χ3n) is 2.92. The normalized spacial score (nSPS) is 12.2. The summed E-state index contributed by atoms with van der Waals surface area (Å²) in [4.78, 5) is 6.53. The topological polar surface area (TPSA) is 53.6 Å². The van der Waals surface area contributed by atoms with E-state index < -0.39 is 0 Å².